The quantitative estimate of drug-likeness (QED) is 0.401. The van der Waals surface area contributed by atoms with Crippen molar-refractivity contribution >= 4 is 22.9 Å². The van der Waals surface area contributed by atoms with Crippen molar-refractivity contribution in [1.82, 2.24) is 5.43 Å². The van der Waals surface area contributed by atoms with Crippen LogP contribution in [0.5, 0.6) is 5.75 Å². The van der Waals surface area contributed by atoms with Crippen LogP contribution in [0, 0.1) is 0 Å². The number of phenols is 1. The summed E-state index contributed by atoms with van der Waals surface area (Å²) in [5, 5.41) is 13.3. The first-order valence-electron chi connectivity index (χ1n) is 8.48. The predicted molar refractivity (Wildman–Crippen MR) is 107 cm³/mol. The maximum absolute atomic E-state index is 9.13. The maximum atomic E-state index is 9.13. The van der Waals surface area contributed by atoms with Crippen LogP contribution < -0.4 is 5.43 Å². The summed E-state index contributed by atoms with van der Waals surface area (Å²) in [6.07, 6.45) is 5.67. The SMILES string of the molecule is CC(=S)N/N=C(\C)CCc1ccc(O)cc1.CCC.CCCC. The summed E-state index contributed by atoms with van der Waals surface area (Å²) in [6.45, 7) is 12.4. The van der Waals surface area contributed by atoms with Crippen molar-refractivity contribution in [1.29, 1.82) is 0 Å². The first kappa shape index (κ1) is 23.8. The molecule has 0 saturated heterocycles. The van der Waals surface area contributed by atoms with Gasteiger partial charge in [0.15, 0.2) is 0 Å². The Labute approximate surface area is 148 Å². The first-order chi connectivity index (χ1) is 10.9. The smallest absolute Gasteiger partial charge is 0.115 e. The number of aromatic hydroxyl groups is 1. The first-order valence-corrected chi connectivity index (χ1v) is 8.89. The molecule has 1 aromatic rings. The molecule has 0 aliphatic heterocycles. The van der Waals surface area contributed by atoms with Gasteiger partial charge < -0.3 is 5.11 Å². The van der Waals surface area contributed by atoms with Crippen LogP contribution in [0.2, 0.25) is 0 Å². The Hall–Kier alpha value is -1.42. The highest BCUT2D eigenvalue weighted by atomic mass is 32.1. The van der Waals surface area contributed by atoms with E-state index in [4.69, 9.17) is 17.3 Å². The monoisotopic (exact) mass is 338 g/mol. The van der Waals surface area contributed by atoms with E-state index in [1.807, 2.05) is 19.1 Å². The van der Waals surface area contributed by atoms with E-state index in [1.54, 1.807) is 19.1 Å². The molecule has 0 spiro atoms. The van der Waals surface area contributed by atoms with Gasteiger partial charge in [-0.15, -0.1) is 0 Å². The summed E-state index contributed by atoms with van der Waals surface area (Å²) >= 11 is 4.86. The van der Waals surface area contributed by atoms with E-state index in [9.17, 15) is 0 Å². The number of unbranched alkanes of at least 4 members (excludes halogenated alkanes) is 1. The number of benzene rings is 1. The standard InChI is InChI=1S/C12H16N2OS.C4H10.C3H8/c1-9(13-14-10(2)16)3-4-11-5-7-12(15)8-6-11;1-3-4-2;1-3-2/h5-8,15H,3-4H2,1-2H3,(H,14,16);3-4H2,1-2H3;3H2,1-2H3/b13-9+;;. The third-order valence-electron chi connectivity index (χ3n) is 2.62. The number of nitrogens with one attached hydrogen (secondary N) is 1. The topological polar surface area (TPSA) is 44.6 Å². The van der Waals surface area contributed by atoms with Gasteiger partial charge in [0.05, 0.1) is 4.99 Å². The summed E-state index contributed by atoms with van der Waals surface area (Å²) in [7, 11) is 0. The zero-order valence-corrected chi connectivity index (χ0v) is 16.5. The Morgan fingerprint density at radius 1 is 1.04 bits per heavy atom. The summed E-state index contributed by atoms with van der Waals surface area (Å²) in [4.78, 5) is 0.670. The van der Waals surface area contributed by atoms with Gasteiger partial charge in [-0.1, -0.05) is 71.3 Å². The molecular formula is C19H34N2OS. The maximum Gasteiger partial charge on any atom is 0.115 e. The lowest BCUT2D eigenvalue weighted by Gasteiger charge is -2.02. The minimum atomic E-state index is 0.298. The van der Waals surface area contributed by atoms with Crippen molar-refractivity contribution < 1.29 is 5.11 Å². The fourth-order valence-corrected chi connectivity index (χ4v) is 1.26. The van der Waals surface area contributed by atoms with Crippen LogP contribution in [-0.2, 0) is 6.42 Å². The molecule has 132 valence electrons. The van der Waals surface area contributed by atoms with E-state index in [-0.39, 0.29) is 0 Å². The predicted octanol–water partition coefficient (Wildman–Crippen LogP) is 5.86. The van der Waals surface area contributed by atoms with Crippen molar-refractivity contribution in [2.45, 2.75) is 73.6 Å². The van der Waals surface area contributed by atoms with Crippen LogP contribution in [0.15, 0.2) is 29.4 Å². The lowest BCUT2D eigenvalue weighted by Crippen LogP contribution is -2.13. The molecule has 0 radical (unpaired) electrons. The molecule has 4 heteroatoms. The van der Waals surface area contributed by atoms with Crippen molar-refractivity contribution in [2.24, 2.45) is 5.10 Å². The fraction of sp³-hybridized carbons (Fsp3) is 0.579. The van der Waals surface area contributed by atoms with Crippen molar-refractivity contribution in [3.05, 3.63) is 29.8 Å². The number of aryl methyl sites for hydroxylation is 1. The second-order valence-electron chi connectivity index (χ2n) is 5.39. The molecule has 0 saturated carbocycles. The molecule has 0 heterocycles. The second kappa shape index (κ2) is 16.9. The molecule has 2 N–H and O–H groups in total. The Balaban J connectivity index is 0. The highest BCUT2D eigenvalue weighted by Crippen LogP contribution is 2.11. The van der Waals surface area contributed by atoms with Crippen LogP contribution in [-0.4, -0.2) is 15.8 Å². The van der Waals surface area contributed by atoms with Crippen LogP contribution >= 0.6 is 12.2 Å². The Kier molecular flexibility index (Phi) is 17.6. The molecule has 1 aromatic carbocycles. The van der Waals surface area contributed by atoms with Gasteiger partial charge in [0, 0.05) is 5.71 Å². The average molecular weight is 339 g/mol. The molecule has 0 unspecified atom stereocenters. The van der Waals surface area contributed by atoms with Crippen molar-refractivity contribution in [3.8, 4) is 5.75 Å². The van der Waals surface area contributed by atoms with Gasteiger partial charge in [-0.3, -0.25) is 5.43 Å². The van der Waals surface area contributed by atoms with Gasteiger partial charge in [-0.25, -0.2) is 0 Å². The van der Waals surface area contributed by atoms with Crippen LogP contribution in [0.1, 0.15) is 72.8 Å². The van der Waals surface area contributed by atoms with E-state index in [2.05, 4.69) is 38.2 Å². The van der Waals surface area contributed by atoms with E-state index in [0.717, 1.165) is 18.6 Å². The highest BCUT2D eigenvalue weighted by Gasteiger charge is 1.96. The summed E-state index contributed by atoms with van der Waals surface area (Å²) < 4.78 is 0. The van der Waals surface area contributed by atoms with Crippen LogP contribution in [0.3, 0.4) is 0 Å². The third kappa shape index (κ3) is 18.5. The average Bonchev–Trinajstić information content (AvgIpc) is 2.53. The zero-order valence-electron chi connectivity index (χ0n) is 15.6. The molecule has 3 nitrogen and oxygen atoms in total. The van der Waals surface area contributed by atoms with E-state index < -0.39 is 0 Å². The number of nitrogens with zero attached hydrogens (tertiary/aromatic N) is 1. The second-order valence-corrected chi connectivity index (χ2v) is 6.00. The Morgan fingerprint density at radius 3 is 1.91 bits per heavy atom. The summed E-state index contributed by atoms with van der Waals surface area (Å²) in [5.41, 5.74) is 4.97. The number of hydrogen-bond acceptors (Lipinski definition) is 3. The Morgan fingerprint density at radius 2 is 1.52 bits per heavy atom. The molecule has 0 aromatic heterocycles. The number of thiocarbonyl (C=S) groups is 1. The van der Waals surface area contributed by atoms with Gasteiger partial charge in [0.2, 0.25) is 0 Å². The minimum Gasteiger partial charge on any atom is -0.508 e. The lowest BCUT2D eigenvalue weighted by molar-refractivity contribution is 0.475. The third-order valence-corrected chi connectivity index (χ3v) is 2.71. The molecule has 1 rings (SSSR count). The number of rotatable bonds is 5. The molecule has 0 aliphatic rings. The Bertz CT molecular complexity index is 426. The molecule has 23 heavy (non-hydrogen) atoms. The van der Waals surface area contributed by atoms with Gasteiger partial charge in [0.25, 0.3) is 0 Å². The number of hydrazone groups is 1. The van der Waals surface area contributed by atoms with Crippen molar-refractivity contribution in [2.75, 3.05) is 0 Å². The number of hydrogen-bond donors (Lipinski definition) is 2. The highest BCUT2D eigenvalue weighted by molar-refractivity contribution is 7.80. The molecule has 0 atom stereocenters. The lowest BCUT2D eigenvalue weighted by atomic mass is 10.1. The molecule has 0 amide bonds. The van der Waals surface area contributed by atoms with Crippen LogP contribution in [0.4, 0.5) is 0 Å². The zero-order chi connectivity index (χ0) is 18.1. The van der Waals surface area contributed by atoms with Gasteiger partial charge in [-0.05, 0) is 44.4 Å². The largest absolute Gasteiger partial charge is 0.508 e. The van der Waals surface area contributed by atoms with E-state index >= 15 is 0 Å². The fourth-order valence-electron chi connectivity index (χ4n) is 1.22. The summed E-state index contributed by atoms with van der Waals surface area (Å²) in [5.74, 6) is 0.298. The number of phenolic OH excluding ortho intramolecular Hbond substituents is 1. The van der Waals surface area contributed by atoms with Gasteiger partial charge in [0.1, 0.15) is 5.75 Å². The van der Waals surface area contributed by atoms with Gasteiger partial charge in [-0.2, -0.15) is 5.10 Å². The van der Waals surface area contributed by atoms with E-state index in [0.29, 0.717) is 10.7 Å². The minimum absolute atomic E-state index is 0.298. The summed E-state index contributed by atoms with van der Waals surface area (Å²) in [6, 6.07) is 7.23. The van der Waals surface area contributed by atoms with Crippen molar-refractivity contribution in [3.63, 3.8) is 0 Å². The molecule has 0 bridgehead atoms. The van der Waals surface area contributed by atoms with E-state index in [1.165, 1.54) is 24.8 Å². The molecule has 0 aliphatic carbocycles. The normalized spacial score (nSPS) is 9.91. The van der Waals surface area contributed by atoms with Crippen LogP contribution in [0.25, 0.3) is 0 Å². The van der Waals surface area contributed by atoms with Gasteiger partial charge >= 0.3 is 0 Å². The molecular weight excluding hydrogens is 304 g/mol. The molecule has 0 fully saturated rings.